The molecular formula is C55H99NO7. The molecule has 0 saturated heterocycles. The Bertz CT molecular complexity index is 1170. The van der Waals surface area contributed by atoms with Crippen molar-refractivity contribution in [2.45, 2.75) is 244 Å². The van der Waals surface area contributed by atoms with Crippen molar-refractivity contribution in [2.24, 2.45) is 0 Å². The minimum Gasteiger partial charge on any atom is -0.544 e. The highest BCUT2D eigenvalue weighted by atomic mass is 16.6. The summed E-state index contributed by atoms with van der Waals surface area (Å²) in [6, 6.07) is -0.728. The summed E-state index contributed by atoms with van der Waals surface area (Å²) in [5.41, 5.74) is 0. The van der Waals surface area contributed by atoms with Gasteiger partial charge < -0.3 is 28.6 Å². The smallest absolute Gasteiger partial charge is 0.306 e. The maximum atomic E-state index is 12.8. The van der Waals surface area contributed by atoms with Crippen molar-refractivity contribution >= 4 is 17.9 Å². The minimum absolute atomic E-state index is 0.0391. The molecule has 0 bridgehead atoms. The number of esters is 2. The van der Waals surface area contributed by atoms with Crippen LogP contribution in [0.15, 0.2) is 48.6 Å². The number of rotatable bonds is 47. The number of quaternary nitrogens is 1. The molecule has 0 spiro atoms. The molecule has 63 heavy (non-hydrogen) atoms. The Morgan fingerprint density at radius 1 is 0.492 bits per heavy atom. The zero-order valence-corrected chi connectivity index (χ0v) is 41.7. The minimum atomic E-state index is -1.12. The van der Waals surface area contributed by atoms with Gasteiger partial charge in [0, 0.05) is 19.3 Å². The van der Waals surface area contributed by atoms with Crippen LogP contribution >= 0.6 is 0 Å². The summed E-state index contributed by atoms with van der Waals surface area (Å²) in [6.45, 7) is 4.57. The number of hydrogen-bond donors (Lipinski definition) is 0. The van der Waals surface area contributed by atoms with E-state index in [1.807, 2.05) is 0 Å². The van der Waals surface area contributed by atoms with E-state index in [0.29, 0.717) is 12.8 Å². The maximum Gasteiger partial charge on any atom is 0.306 e. The molecule has 366 valence electrons. The molecule has 0 radical (unpaired) electrons. The first-order chi connectivity index (χ1) is 30.6. The van der Waals surface area contributed by atoms with Crippen LogP contribution in [-0.2, 0) is 28.6 Å². The van der Waals surface area contributed by atoms with Crippen molar-refractivity contribution in [1.29, 1.82) is 0 Å². The van der Waals surface area contributed by atoms with Gasteiger partial charge in [-0.25, -0.2) is 0 Å². The SMILES string of the molecule is CC/C=C/C/C=C/C/C=C/C/C=C/CCCCCCCCCC(=O)OCC(COCCC(C(=O)[O-])[N+](C)(C)C)OC(=O)CCCCCCCCCCCCCCCCCCCCC. The third kappa shape index (κ3) is 44.3. The van der Waals surface area contributed by atoms with Crippen molar-refractivity contribution in [3.8, 4) is 0 Å². The van der Waals surface area contributed by atoms with Crippen LogP contribution in [0.2, 0.25) is 0 Å². The quantitative estimate of drug-likeness (QED) is 0.0259. The number of aliphatic carboxylic acids is 1. The molecule has 0 heterocycles. The second kappa shape index (κ2) is 45.8. The van der Waals surface area contributed by atoms with Gasteiger partial charge in [0.2, 0.25) is 0 Å². The van der Waals surface area contributed by atoms with Gasteiger partial charge in [0.05, 0.1) is 40.3 Å². The van der Waals surface area contributed by atoms with Crippen LogP contribution in [0.4, 0.5) is 0 Å². The van der Waals surface area contributed by atoms with Crippen molar-refractivity contribution in [3.63, 3.8) is 0 Å². The Morgan fingerprint density at radius 2 is 0.889 bits per heavy atom. The summed E-state index contributed by atoms with van der Waals surface area (Å²) in [6.07, 6.45) is 55.7. The van der Waals surface area contributed by atoms with Gasteiger partial charge in [0.15, 0.2) is 6.10 Å². The van der Waals surface area contributed by atoms with E-state index in [4.69, 9.17) is 14.2 Å². The van der Waals surface area contributed by atoms with E-state index in [1.54, 1.807) is 21.1 Å². The monoisotopic (exact) mass is 886 g/mol. The van der Waals surface area contributed by atoms with Gasteiger partial charge in [0.1, 0.15) is 12.6 Å². The second-order valence-corrected chi connectivity index (χ2v) is 18.7. The van der Waals surface area contributed by atoms with Crippen molar-refractivity contribution in [1.82, 2.24) is 0 Å². The number of nitrogens with zero attached hydrogens (tertiary/aromatic N) is 1. The Kier molecular flexibility index (Phi) is 43.9. The molecule has 0 rings (SSSR count). The Morgan fingerprint density at radius 3 is 1.32 bits per heavy atom. The standard InChI is InChI=1S/C55H99NO7/c1-6-8-10-12-14-16-18-20-22-24-26-28-29-31-33-35-37-39-41-43-45-53(57)62-50-51(49-61-48-47-52(55(59)60)56(3,4)5)63-54(58)46-44-42-40-38-36-34-32-30-27-25-23-21-19-17-15-13-11-9-7-2/h8,10,14,16,20,22,26,28,51-52H,6-7,9,11-13,15,17-19,21,23-25,27,29-50H2,1-5H3/b10-8+,16-14+,22-20+,28-26+. The van der Waals surface area contributed by atoms with Crippen molar-refractivity contribution in [3.05, 3.63) is 48.6 Å². The van der Waals surface area contributed by atoms with E-state index < -0.39 is 18.1 Å². The summed E-state index contributed by atoms with van der Waals surface area (Å²) in [5, 5.41) is 11.7. The third-order valence-electron chi connectivity index (χ3n) is 11.7. The number of carbonyl (C=O) groups excluding carboxylic acids is 3. The second-order valence-electron chi connectivity index (χ2n) is 18.7. The van der Waals surface area contributed by atoms with E-state index in [1.165, 1.54) is 128 Å². The maximum absolute atomic E-state index is 12.8. The number of carbonyl (C=O) groups is 3. The highest BCUT2D eigenvalue weighted by molar-refractivity contribution is 5.70. The first-order valence-electron chi connectivity index (χ1n) is 26.2. The number of carboxylic acids is 1. The lowest BCUT2D eigenvalue weighted by molar-refractivity contribution is -0.889. The molecule has 0 aliphatic rings. The highest BCUT2D eigenvalue weighted by Crippen LogP contribution is 2.16. The summed E-state index contributed by atoms with van der Waals surface area (Å²) >= 11 is 0. The largest absolute Gasteiger partial charge is 0.544 e. The molecule has 2 atom stereocenters. The van der Waals surface area contributed by atoms with Crippen LogP contribution in [0.1, 0.15) is 232 Å². The van der Waals surface area contributed by atoms with Crippen molar-refractivity contribution < 1.29 is 38.2 Å². The van der Waals surface area contributed by atoms with Gasteiger partial charge in [-0.2, -0.15) is 0 Å². The summed E-state index contributed by atoms with van der Waals surface area (Å²) in [5.74, 6) is -1.74. The first kappa shape index (κ1) is 60.3. The average molecular weight is 886 g/mol. The van der Waals surface area contributed by atoms with Gasteiger partial charge in [-0.05, 0) is 51.4 Å². The van der Waals surface area contributed by atoms with Crippen LogP contribution in [0.25, 0.3) is 0 Å². The molecule has 0 N–H and O–H groups in total. The normalized spacial score (nSPS) is 13.2. The fourth-order valence-electron chi connectivity index (χ4n) is 7.71. The van der Waals surface area contributed by atoms with Gasteiger partial charge in [-0.1, -0.05) is 210 Å². The fraction of sp³-hybridized carbons (Fsp3) is 0.800. The predicted molar refractivity (Wildman–Crippen MR) is 263 cm³/mol. The van der Waals surface area contributed by atoms with Crippen LogP contribution in [-0.4, -0.2) is 75.5 Å². The van der Waals surface area contributed by atoms with Gasteiger partial charge in [-0.3, -0.25) is 9.59 Å². The number of carboxylic acid groups (broad SMARTS) is 1. The lowest BCUT2D eigenvalue weighted by atomic mass is 10.0. The van der Waals surface area contributed by atoms with Gasteiger partial charge in [0.25, 0.3) is 0 Å². The van der Waals surface area contributed by atoms with E-state index in [9.17, 15) is 19.5 Å². The number of likely N-dealkylation sites (N-methyl/N-ethyl adjacent to an activating group) is 1. The first-order valence-corrected chi connectivity index (χ1v) is 26.2. The molecule has 8 nitrogen and oxygen atoms in total. The Labute approximate surface area is 388 Å². The number of allylic oxidation sites excluding steroid dienone is 8. The topological polar surface area (TPSA) is 102 Å². The van der Waals surface area contributed by atoms with E-state index in [-0.39, 0.29) is 42.7 Å². The van der Waals surface area contributed by atoms with Crippen LogP contribution < -0.4 is 5.11 Å². The molecular weight excluding hydrogens is 787 g/mol. The molecule has 0 aromatic rings. The molecule has 8 heteroatoms. The van der Waals surface area contributed by atoms with Crippen LogP contribution in [0.3, 0.4) is 0 Å². The number of unbranched alkanes of at least 4 members (excludes halogenated alkanes) is 25. The van der Waals surface area contributed by atoms with Crippen LogP contribution in [0.5, 0.6) is 0 Å². The summed E-state index contributed by atoms with van der Waals surface area (Å²) in [7, 11) is 5.42. The Hall–Kier alpha value is -2.71. The van der Waals surface area contributed by atoms with Crippen LogP contribution in [0, 0.1) is 0 Å². The molecule has 0 saturated carbocycles. The average Bonchev–Trinajstić information content (AvgIpc) is 3.24. The fourth-order valence-corrected chi connectivity index (χ4v) is 7.71. The van der Waals surface area contributed by atoms with E-state index in [2.05, 4.69) is 62.5 Å². The van der Waals surface area contributed by atoms with E-state index >= 15 is 0 Å². The molecule has 0 aromatic carbocycles. The zero-order valence-electron chi connectivity index (χ0n) is 41.7. The summed E-state index contributed by atoms with van der Waals surface area (Å²) in [4.78, 5) is 37.1. The van der Waals surface area contributed by atoms with Gasteiger partial charge >= 0.3 is 11.9 Å². The van der Waals surface area contributed by atoms with Gasteiger partial charge in [-0.15, -0.1) is 0 Å². The van der Waals surface area contributed by atoms with E-state index in [0.717, 1.165) is 70.6 Å². The Balaban J connectivity index is 4.24. The predicted octanol–water partition coefficient (Wildman–Crippen LogP) is 13.8. The highest BCUT2D eigenvalue weighted by Gasteiger charge is 2.25. The van der Waals surface area contributed by atoms with Crippen molar-refractivity contribution in [2.75, 3.05) is 41.0 Å². The molecule has 0 fully saturated rings. The number of ether oxygens (including phenoxy) is 3. The summed E-state index contributed by atoms with van der Waals surface area (Å²) < 4.78 is 17.3. The molecule has 0 aromatic heterocycles. The molecule has 0 amide bonds. The molecule has 2 unspecified atom stereocenters. The number of hydrogen-bond acceptors (Lipinski definition) is 7. The lowest BCUT2D eigenvalue weighted by Gasteiger charge is -2.34. The molecule has 0 aliphatic carbocycles. The third-order valence-corrected chi connectivity index (χ3v) is 11.7. The molecule has 0 aliphatic heterocycles. The zero-order chi connectivity index (χ0) is 46.3. The lowest BCUT2D eigenvalue weighted by Crippen LogP contribution is -2.55.